The smallest absolute Gasteiger partial charge is 0.383 e. The van der Waals surface area contributed by atoms with Gasteiger partial charge in [0.2, 0.25) is 11.9 Å². The maximum absolute atomic E-state index is 13.0. The fourth-order valence-electron chi connectivity index (χ4n) is 5.02. The van der Waals surface area contributed by atoms with E-state index in [4.69, 9.17) is 0 Å². The van der Waals surface area contributed by atoms with Crippen molar-refractivity contribution in [3.63, 3.8) is 0 Å². The Morgan fingerprint density at radius 3 is 2.59 bits per heavy atom. The number of anilines is 2. The standard InChI is InChI=1S/C30H30F3N5O2S/c1-19-15-22(17-23(16-19)37-28-35-14-10-25(38-28)30(31,32)33)24-18-36-27(41-24)29(40)11-7-21(8-12-29)26(39)34-13-9-20-5-3-2-4-6-20/h2-6,10,14-18,21,40H,7-9,11-13H2,1H3,(H,34,39)(H,35,37,38). The molecular formula is C30H30F3N5O2S. The Bertz CT molecular complexity index is 1500. The molecule has 0 unspecified atom stereocenters. The van der Waals surface area contributed by atoms with E-state index in [2.05, 4.69) is 25.6 Å². The molecule has 2 aromatic carbocycles. The highest BCUT2D eigenvalue weighted by Gasteiger charge is 2.39. The molecule has 1 saturated carbocycles. The predicted octanol–water partition coefficient (Wildman–Crippen LogP) is 6.41. The molecule has 2 heterocycles. The minimum absolute atomic E-state index is 0.0207. The first-order valence-corrected chi connectivity index (χ1v) is 14.2. The van der Waals surface area contributed by atoms with Crippen LogP contribution in [0.25, 0.3) is 10.4 Å². The number of hydrogen-bond acceptors (Lipinski definition) is 7. The second-order valence-electron chi connectivity index (χ2n) is 10.3. The van der Waals surface area contributed by atoms with E-state index in [9.17, 15) is 23.1 Å². The molecule has 0 bridgehead atoms. The van der Waals surface area contributed by atoms with Gasteiger partial charge < -0.3 is 15.7 Å². The second kappa shape index (κ2) is 12.0. The molecule has 41 heavy (non-hydrogen) atoms. The van der Waals surface area contributed by atoms with Crippen LogP contribution in [0.5, 0.6) is 0 Å². The topological polar surface area (TPSA) is 100 Å². The van der Waals surface area contributed by atoms with Crippen molar-refractivity contribution < 1.29 is 23.1 Å². The zero-order valence-electron chi connectivity index (χ0n) is 22.4. The Kier molecular flexibility index (Phi) is 8.37. The summed E-state index contributed by atoms with van der Waals surface area (Å²) in [6.45, 7) is 2.45. The van der Waals surface area contributed by atoms with Gasteiger partial charge in [-0.05, 0) is 73.9 Å². The fraction of sp³-hybridized carbons (Fsp3) is 0.333. The second-order valence-corrected chi connectivity index (χ2v) is 11.4. The van der Waals surface area contributed by atoms with Gasteiger partial charge in [-0.3, -0.25) is 4.79 Å². The van der Waals surface area contributed by atoms with E-state index >= 15 is 0 Å². The van der Waals surface area contributed by atoms with Gasteiger partial charge in [0.25, 0.3) is 0 Å². The number of benzene rings is 2. The van der Waals surface area contributed by atoms with Crippen molar-refractivity contribution in [2.45, 2.75) is 50.8 Å². The Labute approximate surface area is 239 Å². The molecule has 1 aliphatic carbocycles. The number of nitrogens with one attached hydrogen (secondary N) is 2. The molecule has 214 valence electrons. The van der Waals surface area contributed by atoms with Crippen LogP contribution in [0.4, 0.5) is 24.8 Å². The quantitative estimate of drug-likeness (QED) is 0.223. The molecule has 1 aliphatic rings. The molecule has 7 nitrogen and oxygen atoms in total. The van der Waals surface area contributed by atoms with E-state index in [0.717, 1.165) is 34.7 Å². The number of carbonyl (C=O) groups is 1. The van der Waals surface area contributed by atoms with E-state index in [1.54, 1.807) is 18.3 Å². The molecule has 4 aromatic rings. The number of amides is 1. The average Bonchev–Trinajstić information content (AvgIpc) is 3.45. The predicted molar refractivity (Wildman–Crippen MR) is 152 cm³/mol. The van der Waals surface area contributed by atoms with Gasteiger partial charge in [-0.2, -0.15) is 13.2 Å². The largest absolute Gasteiger partial charge is 0.433 e. The van der Waals surface area contributed by atoms with Crippen molar-refractivity contribution in [2.24, 2.45) is 5.92 Å². The van der Waals surface area contributed by atoms with Gasteiger partial charge in [0.05, 0.1) is 4.88 Å². The van der Waals surface area contributed by atoms with Crippen LogP contribution in [-0.2, 0) is 23.0 Å². The Morgan fingerprint density at radius 1 is 1.10 bits per heavy atom. The Hall–Kier alpha value is -3.83. The summed E-state index contributed by atoms with van der Waals surface area (Å²) < 4.78 is 39.1. The maximum Gasteiger partial charge on any atom is 0.433 e. The zero-order valence-corrected chi connectivity index (χ0v) is 23.2. The lowest BCUT2D eigenvalue weighted by molar-refractivity contribution is -0.141. The molecule has 3 N–H and O–H groups in total. The van der Waals surface area contributed by atoms with Crippen LogP contribution in [0.15, 0.2) is 67.0 Å². The monoisotopic (exact) mass is 581 g/mol. The molecule has 2 aromatic heterocycles. The van der Waals surface area contributed by atoms with E-state index < -0.39 is 17.5 Å². The lowest BCUT2D eigenvalue weighted by atomic mass is 9.78. The number of hydrogen-bond donors (Lipinski definition) is 3. The molecule has 0 spiro atoms. The van der Waals surface area contributed by atoms with Gasteiger partial charge in [-0.1, -0.05) is 36.4 Å². The number of carbonyl (C=O) groups excluding carboxylic acids is 1. The van der Waals surface area contributed by atoms with Crippen LogP contribution in [0.3, 0.4) is 0 Å². The van der Waals surface area contributed by atoms with Crippen LogP contribution in [0.2, 0.25) is 0 Å². The normalized spacial score (nSPS) is 19.1. The first-order chi connectivity index (χ1) is 19.6. The Morgan fingerprint density at radius 2 is 1.85 bits per heavy atom. The molecule has 0 aliphatic heterocycles. The number of thiazole rings is 1. The summed E-state index contributed by atoms with van der Waals surface area (Å²) in [6.07, 6.45) is 0.967. The van der Waals surface area contributed by atoms with Gasteiger partial charge >= 0.3 is 6.18 Å². The molecule has 0 radical (unpaired) electrons. The minimum Gasteiger partial charge on any atom is -0.383 e. The van der Waals surface area contributed by atoms with Crippen LogP contribution >= 0.6 is 11.3 Å². The van der Waals surface area contributed by atoms with Crippen molar-refractivity contribution in [1.29, 1.82) is 0 Å². The maximum atomic E-state index is 13.0. The summed E-state index contributed by atoms with van der Waals surface area (Å²) in [5.74, 6) is -0.280. The van der Waals surface area contributed by atoms with Gasteiger partial charge in [0.1, 0.15) is 16.3 Å². The third-order valence-corrected chi connectivity index (χ3v) is 8.45. The molecule has 11 heteroatoms. The minimum atomic E-state index is -4.57. The Balaban J connectivity index is 1.21. The van der Waals surface area contributed by atoms with Gasteiger partial charge in [0.15, 0.2) is 0 Å². The van der Waals surface area contributed by atoms with E-state index in [1.807, 2.05) is 43.3 Å². The highest BCUT2D eigenvalue weighted by Crippen LogP contribution is 2.43. The highest BCUT2D eigenvalue weighted by molar-refractivity contribution is 7.15. The number of alkyl halides is 3. The van der Waals surface area contributed by atoms with Crippen molar-refractivity contribution in [3.05, 3.63) is 88.8 Å². The van der Waals surface area contributed by atoms with Crippen LogP contribution < -0.4 is 10.6 Å². The first kappa shape index (κ1) is 28.7. The summed E-state index contributed by atoms with van der Waals surface area (Å²) >= 11 is 1.37. The number of aromatic nitrogens is 3. The zero-order chi connectivity index (χ0) is 29.0. The van der Waals surface area contributed by atoms with Crippen LogP contribution in [0.1, 0.15) is 47.5 Å². The highest BCUT2D eigenvalue weighted by atomic mass is 32.1. The summed E-state index contributed by atoms with van der Waals surface area (Å²) in [7, 11) is 0. The summed E-state index contributed by atoms with van der Waals surface area (Å²) in [5.41, 5.74) is 1.25. The fourth-order valence-corrected chi connectivity index (χ4v) is 6.07. The number of aryl methyl sites for hydroxylation is 1. The average molecular weight is 582 g/mol. The molecule has 0 saturated heterocycles. The van der Waals surface area contributed by atoms with E-state index in [0.29, 0.717) is 42.9 Å². The summed E-state index contributed by atoms with van der Waals surface area (Å²) in [4.78, 5) is 25.5. The molecular weight excluding hydrogens is 551 g/mol. The third-order valence-electron chi connectivity index (χ3n) is 7.21. The van der Waals surface area contributed by atoms with E-state index in [-0.39, 0.29) is 17.8 Å². The lowest BCUT2D eigenvalue weighted by Gasteiger charge is -2.33. The van der Waals surface area contributed by atoms with E-state index in [1.165, 1.54) is 16.9 Å². The van der Waals surface area contributed by atoms with Crippen molar-refractivity contribution >= 4 is 28.9 Å². The summed E-state index contributed by atoms with van der Waals surface area (Å²) in [5, 5.41) is 17.9. The van der Waals surface area contributed by atoms with Crippen molar-refractivity contribution in [1.82, 2.24) is 20.3 Å². The van der Waals surface area contributed by atoms with Gasteiger partial charge in [-0.25, -0.2) is 15.0 Å². The van der Waals surface area contributed by atoms with Gasteiger partial charge in [-0.15, -0.1) is 11.3 Å². The molecule has 1 amide bonds. The number of aliphatic hydroxyl groups is 1. The SMILES string of the molecule is Cc1cc(Nc2nccc(C(F)(F)F)n2)cc(-c2cnc(C3(O)CCC(C(=O)NCCc4ccccc4)CC3)s2)c1. The van der Waals surface area contributed by atoms with Crippen LogP contribution in [-0.4, -0.2) is 32.5 Å². The first-order valence-electron chi connectivity index (χ1n) is 13.4. The number of halogens is 3. The molecule has 0 atom stereocenters. The van der Waals surface area contributed by atoms with Crippen molar-refractivity contribution in [3.8, 4) is 10.4 Å². The number of rotatable bonds is 8. The molecule has 1 fully saturated rings. The van der Waals surface area contributed by atoms with Crippen LogP contribution in [0, 0.1) is 12.8 Å². The number of nitrogens with zero attached hydrogens (tertiary/aromatic N) is 3. The lowest BCUT2D eigenvalue weighted by Crippen LogP contribution is -2.38. The third kappa shape index (κ3) is 7.09. The van der Waals surface area contributed by atoms with Gasteiger partial charge in [0, 0.05) is 30.5 Å². The van der Waals surface area contributed by atoms with Crippen molar-refractivity contribution in [2.75, 3.05) is 11.9 Å². The molecule has 5 rings (SSSR count). The summed E-state index contributed by atoms with van der Waals surface area (Å²) in [6, 6.07) is 16.3.